The highest BCUT2D eigenvalue weighted by molar-refractivity contribution is 7.99. The Balaban J connectivity index is 2.25. The molecule has 1 aromatic rings. The zero-order valence-electron chi connectivity index (χ0n) is 8.01. The van der Waals surface area contributed by atoms with Crippen molar-refractivity contribution in [3.63, 3.8) is 0 Å². The maximum absolute atomic E-state index is 10.6. The minimum absolute atomic E-state index is 0.447. The van der Waals surface area contributed by atoms with Gasteiger partial charge in [-0.15, -0.1) is 11.8 Å². The van der Waals surface area contributed by atoms with Crippen LogP contribution < -0.4 is 11.5 Å². The lowest BCUT2D eigenvalue weighted by Crippen LogP contribution is -2.36. The highest BCUT2D eigenvalue weighted by atomic mass is 32.2. The Kier molecular flexibility index (Phi) is 3.97. The molecule has 4 N–H and O–H groups in total. The first kappa shape index (κ1) is 11.1. The lowest BCUT2D eigenvalue weighted by Gasteiger charge is -2.05. The standard InChI is InChI=1S/C8H14N4OS/c1-12-5-6(4-11-12)14-3-2-7(9)8(10)13/h4-5,7H,2-3,9H2,1H3,(H2,10,13). The van der Waals surface area contributed by atoms with Crippen LogP contribution >= 0.6 is 11.8 Å². The van der Waals surface area contributed by atoms with Crippen LogP contribution in [0, 0.1) is 0 Å². The van der Waals surface area contributed by atoms with Crippen molar-refractivity contribution in [1.29, 1.82) is 0 Å². The Hall–Kier alpha value is -1.01. The molecule has 1 atom stereocenters. The van der Waals surface area contributed by atoms with Crippen molar-refractivity contribution in [1.82, 2.24) is 9.78 Å². The van der Waals surface area contributed by atoms with Crippen molar-refractivity contribution in [3.05, 3.63) is 12.4 Å². The zero-order chi connectivity index (χ0) is 10.6. The van der Waals surface area contributed by atoms with Gasteiger partial charge in [-0.2, -0.15) is 5.10 Å². The number of hydrogen-bond donors (Lipinski definition) is 2. The molecular formula is C8H14N4OS. The van der Waals surface area contributed by atoms with E-state index in [2.05, 4.69) is 5.10 Å². The first-order chi connectivity index (χ1) is 6.59. The van der Waals surface area contributed by atoms with Crippen molar-refractivity contribution < 1.29 is 4.79 Å². The summed E-state index contributed by atoms with van der Waals surface area (Å²) in [5.74, 6) is 0.326. The van der Waals surface area contributed by atoms with Gasteiger partial charge in [0.05, 0.1) is 12.2 Å². The Morgan fingerprint density at radius 2 is 2.50 bits per heavy atom. The summed E-state index contributed by atoms with van der Waals surface area (Å²) in [6.45, 7) is 0. The average Bonchev–Trinajstić information content (AvgIpc) is 2.51. The molecule has 1 unspecified atom stereocenters. The van der Waals surface area contributed by atoms with Crippen LogP contribution in [0.15, 0.2) is 17.3 Å². The lowest BCUT2D eigenvalue weighted by atomic mass is 10.2. The number of nitrogens with zero attached hydrogens (tertiary/aromatic N) is 2. The number of hydrogen-bond acceptors (Lipinski definition) is 4. The number of thioether (sulfide) groups is 1. The fraction of sp³-hybridized carbons (Fsp3) is 0.500. The summed E-state index contributed by atoms with van der Waals surface area (Å²) in [5.41, 5.74) is 10.5. The van der Waals surface area contributed by atoms with Gasteiger partial charge in [-0.1, -0.05) is 0 Å². The van der Waals surface area contributed by atoms with E-state index >= 15 is 0 Å². The molecule has 1 aromatic heterocycles. The summed E-state index contributed by atoms with van der Waals surface area (Å²) < 4.78 is 1.73. The zero-order valence-corrected chi connectivity index (χ0v) is 8.83. The summed E-state index contributed by atoms with van der Waals surface area (Å²) in [6, 6.07) is -0.542. The number of aromatic nitrogens is 2. The van der Waals surface area contributed by atoms with Crippen LogP contribution in [-0.2, 0) is 11.8 Å². The van der Waals surface area contributed by atoms with Crippen LogP contribution in [0.5, 0.6) is 0 Å². The summed E-state index contributed by atoms with van der Waals surface area (Å²) in [6.07, 6.45) is 4.29. The van der Waals surface area contributed by atoms with Gasteiger partial charge in [-0.05, 0) is 6.42 Å². The van der Waals surface area contributed by atoms with Crippen molar-refractivity contribution in [2.24, 2.45) is 18.5 Å². The summed E-state index contributed by atoms with van der Waals surface area (Å²) in [5, 5.41) is 4.02. The number of carbonyl (C=O) groups is 1. The van der Waals surface area contributed by atoms with Gasteiger partial charge in [-0.3, -0.25) is 9.48 Å². The average molecular weight is 214 g/mol. The topological polar surface area (TPSA) is 86.9 Å². The minimum Gasteiger partial charge on any atom is -0.368 e. The highest BCUT2D eigenvalue weighted by Crippen LogP contribution is 2.17. The Morgan fingerprint density at radius 3 is 3.00 bits per heavy atom. The third-order valence-electron chi connectivity index (χ3n) is 1.74. The molecule has 0 radical (unpaired) electrons. The van der Waals surface area contributed by atoms with Crippen LogP contribution in [0.2, 0.25) is 0 Å². The summed E-state index contributed by atoms with van der Waals surface area (Å²) in [7, 11) is 1.86. The van der Waals surface area contributed by atoms with Crippen LogP contribution in [0.1, 0.15) is 6.42 Å². The lowest BCUT2D eigenvalue weighted by molar-refractivity contribution is -0.119. The number of nitrogens with two attached hydrogens (primary N) is 2. The summed E-state index contributed by atoms with van der Waals surface area (Å²) in [4.78, 5) is 11.7. The third-order valence-corrected chi connectivity index (χ3v) is 2.73. The van der Waals surface area contributed by atoms with Gasteiger partial charge in [0.25, 0.3) is 0 Å². The molecule has 1 heterocycles. The Morgan fingerprint density at radius 1 is 1.79 bits per heavy atom. The molecule has 5 nitrogen and oxygen atoms in total. The number of carbonyl (C=O) groups excluding carboxylic acids is 1. The van der Waals surface area contributed by atoms with E-state index in [0.29, 0.717) is 6.42 Å². The Bertz CT molecular complexity index is 312. The van der Waals surface area contributed by atoms with Crippen LogP contribution in [0.3, 0.4) is 0 Å². The van der Waals surface area contributed by atoms with Crippen molar-refractivity contribution in [2.75, 3.05) is 5.75 Å². The fourth-order valence-electron chi connectivity index (χ4n) is 0.919. The normalized spacial score (nSPS) is 12.7. The van der Waals surface area contributed by atoms with Crippen LogP contribution in [0.25, 0.3) is 0 Å². The number of aryl methyl sites for hydroxylation is 1. The van der Waals surface area contributed by atoms with E-state index in [1.807, 2.05) is 13.2 Å². The van der Waals surface area contributed by atoms with E-state index in [0.717, 1.165) is 10.6 Å². The molecule has 0 spiro atoms. The molecule has 0 aliphatic carbocycles. The number of primary amides is 1. The van der Waals surface area contributed by atoms with Gasteiger partial charge in [-0.25, -0.2) is 0 Å². The molecule has 0 saturated heterocycles. The molecule has 78 valence electrons. The molecule has 14 heavy (non-hydrogen) atoms. The van der Waals surface area contributed by atoms with E-state index < -0.39 is 11.9 Å². The molecule has 0 fully saturated rings. The van der Waals surface area contributed by atoms with Crippen molar-refractivity contribution in [3.8, 4) is 0 Å². The molecular weight excluding hydrogens is 200 g/mol. The van der Waals surface area contributed by atoms with Crippen LogP contribution in [0.4, 0.5) is 0 Å². The van der Waals surface area contributed by atoms with Crippen LogP contribution in [-0.4, -0.2) is 27.5 Å². The SMILES string of the molecule is Cn1cc(SCCC(N)C(N)=O)cn1. The largest absolute Gasteiger partial charge is 0.368 e. The second-order valence-corrected chi connectivity index (χ2v) is 4.16. The fourth-order valence-corrected chi connectivity index (χ4v) is 1.88. The molecule has 1 amide bonds. The van der Waals surface area contributed by atoms with E-state index in [1.165, 1.54) is 0 Å². The Labute approximate surface area is 86.8 Å². The van der Waals surface area contributed by atoms with Gasteiger partial charge < -0.3 is 11.5 Å². The third kappa shape index (κ3) is 3.39. The molecule has 0 aliphatic rings. The molecule has 0 saturated carbocycles. The van der Waals surface area contributed by atoms with Crippen molar-refractivity contribution in [2.45, 2.75) is 17.4 Å². The van der Waals surface area contributed by atoms with Gasteiger partial charge in [0.15, 0.2) is 0 Å². The van der Waals surface area contributed by atoms with E-state index in [1.54, 1.807) is 22.6 Å². The predicted molar refractivity (Wildman–Crippen MR) is 55.7 cm³/mol. The first-order valence-corrected chi connectivity index (χ1v) is 5.24. The molecule has 0 aliphatic heterocycles. The van der Waals surface area contributed by atoms with Gasteiger partial charge in [0.1, 0.15) is 0 Å². The molecule has 0 aromatic carbocycles. The minimum atomic E-state index is -0.542. The quantitative estimate of drug-likeness (QED) is 0.660. The second kappa shape index (κ2) is 5.02. The monoisotopic (exact) mass is 214 g/mol. The highest BCUT2D eigenvalue weighted by Gasteiger charge is 2.08. The molecule has 1 rings (SSSR count). The predicted octanol–water partition coefficient (Wildman–Crippen LogP) is -0.285. The van der Waals surface area contributed by atoms with Gasteiger partial charge in [0.2, 0.25) is 5.91 Å². The van der Waals surface area contributed by atoms with E-state index in [4.69, 9.17) is 11.5 Å². The van der Waals surface area contributed by atoms with E-state index in [9.17, 15) is 4.79 Å². The summed E-state index contributed by atoms with van der Waals surface area (Å²) >= 11 is 1.62. The smallest absolute Gasteiger partial charge is 0.234 e. The first-order valence-electron chi connectivity index (χ1n) is 4.26. The van der Waals surface area contributed by atoms with E-state index in [-0.39, 0.29) is 0 Å². The number of amides is 1. The molecule has 0 bridgehead atoms. The maximum Gasteiger partial charge on any atom is 0.234 e. The van der Waals surface area contributed by atoms with Crippen molar-refractivity contribution >= 4 is 17.7 Å². The number of rotatable bonds is 5. The van der Waals surface area contributed by atoms with Gasteiger partial charge >= 0.3 is 0 Å². The molecule has 6 heteroatoms. The second-order valence-electron chi connectivity index (χ2n) is 3.00. The maximum atomic E-state index is 10.6. The van der Waals surface area contributed by atoms with Gasteiger partial charge in [0, 0.05) is 23.9 Å².